The molecule has 3 N–H and O–H groups in total. The Hall–Kier alpha value is 0.830. The molecule has 0 aliphatic carbocycles. The SMILES string of the molecule is CC(CCC(O)CCCO)S(=O)(=O)O.[NaH]. The van der Waals surface area contributed by atoms with Crippen LogP contribution < -0.4 is 0 Å². The molecule has 0 radical (unpaired) electrons. The van der Waals surface area contributed by atoms with Crippen LogP contribution in [0.2, 0.25) is 0 Å². The number of hydrogen-bond acceptors (Lipinski definition) is 4. The molecule has 0 aromatic heterocycles. The van der Waals surface area contributed by atoms with E-state index in [-0.39, 0.29) is 42.6 Å². The van der Waals surface area contributed by atoms with Crippen molar-refractivity contribution in [2.75, 3.05) is 6.61 Å². The number of hydrogen-bond donors (Lipinski definition) is 3. The first-order valence-electron chi connectivity index (χ1n) is 4.63. The van der Waals surface area contributed by atoms with E-state index >= 15 is 0 Å². The summed E-state index contributed by atoms with van der Waals surface area (Å²) >= 11 is 0. The van der Waals surface area contributed by atoms with Gasteiger partial charge < -0.3 is 10.2 Å². The van der Waals surface area contributed by atoms with E-state index in [4.69, 9.17) is 9.66 Å². The molecular weight excluding hydrogens is 231 g/mol. The minimum atomic E-state index is -3.98. The summed E-state index contributed by atoms with van der Waals surface area (Å²) in [4.78, 5) is 0. The minimum absolute atomic E-state index is 0. The van der Waals surface area contributed by atoms with E-state index in [0.29, 0.717) is 19.3 Å². The molecule has 5 nitrogen and oxygen atoms in total. The summed E-state index contributed by atoms with van der Waals surface area (Å²) in [6.45, 7) is 1.42. The number of aliphatic hydroxyl groups is 2. The fraction of sp³-hybridized carbons (Fsp3) is 1.00. The molecule has 88 valence electrons. The average Bonchev–Trinajstić information content (AvgIpc) is 2.09. The van der Waals surface area contributed by atoms with E-state index in [1.54, 1.807) is 0 Å². The summed E-state index contributed by atoms with van der Waals surface area (Å²) in [5.41, 5.74) is 0. The molecule has 7 heteroatoms. The Bertz CT molecular complexity index is 241. The Labute approximate surface area is 113 Å². The molecule has 0 aromatic carbocycles. The molecule has 0 saturated carbocycles. The van der Waals surface area contributed by atoms with Crippen LogP contribution in [0.1, 0.15) is 32.6 Å². The van der Waals surface area contributed by atoms with Crippen LogP contribution in [0.4, 0.5) is 0 Å². The zero-order valence-electron chi connectivity index (χ0n) is 8.26. The van der Waals surface area contributed by atoms with Crippen molar-refractivity contribution in [3.8, 4) is 0 Å². The van der Waals surface area contributed by atoms with Crippen molar-refractivity contribution >= 4 is 39.7 Å². The van der Waals surface area contributed by atoms with E-state index in [2.05, 4.69) is 0 Å². The second kappa shape index (κ2) is 8.92. The molecule has 0 heterocycles. The zero-order valence-corrected chi connectivity index (χ0v) is 9.07. The topological polar surface area (TPSA) is 94.8 Å². The summed E-state index contributed by atoms with van der Waals surface area (Å²) < 4.78 is 29.8. The van der Waals surface area contributed by atoms with Gasteiger partial charge in [0, 0.05) is 6.61 Å². The molecule has 15 heavy (non-hydrogen) atoms. The van der Waals surface area contributed by atoms with Gasteiger partial charge in [-0.3, -0.25) is 4.55 Å². The van der Waals surface area contributed by atoms with Crippen molar-refractivity contribution in [2.45, 2.75) is 44.0 Å². The first-order chi connectivity index (χ1) is 6.38. The Kier molecular flexibility index (Phi) is 10.8. The van der Waals surface area contributed by atoms with Crippen LogP contribution in [0.25, 0.3) is 0 Å². The van der Waals surface area contributed by atoms with Crippen molar-refractivity contribution in [1.82, 2.24) is 0 Å². The molecule has 0 fully saturated rings. The third-order valence-corrected chi connectivity index (χ3v) is 3.36. The van der Waals surface area contributed by atoms with Gasteiger partial charge in [0.2, 0.25) is 0 Å². The van der Waals surface area contributed by atoms with Crippen molar-refractivity contribution in [2.24, 2.45) is 0 Å². The van der Waals surface area contributed by atoms with Crippen molar-refractivity contribution in [3.05, 3.63) is 0 Å². The molecule has 0 bridgehead atoms. The normalized spacial score (nSPS) is 15.5. The van der Waals surface area contributed by atoms with Crippen molar-refractivity contribution in [1.29, 1.82) is 0 Å². The molecule has 0 saturated heterocycles. The van der Waals surface area contributed by atoms with Crippen LogP contribution in [-0.4, -0.2) is 70.7 Å². The van der Waals surface area contributed by atoms with Crippen LogP contribution in [0, 0.1) is 0 Å². The Morgan fingerprint density at radius 3 is 2.13 bits per heavy atom. The summed E-state index contributed by atoms with van der Waals surface area (Å²) in [7, 11) is -3.98. The predicted molar refractivity (Wildman–Crippen MR) is 59.7 cm³/mol. The van der Waals surface area contributed by atoms with Crippen molar-refractivity contribution < 1.29 is 23.2 Å². The molecule has 0 aliphatic heterocycles. The molecule has 0 rings (SSSR count). The van der Waals surface area contributed by atoms with Gasteiger partial charge in [0.25, 0.3) is 10.1 Å². The molecule has 2 unspecified atom stereocenters. The molecule has 0 spiro atoms. The van der Waals surface area contributed by atoms with E-state index in [1.165, 1.54) is 6.92 Å². The van der Waals surface area contributed by atoms with Gasteiger partial charge in [0.05, 0.1) is 11.4 Å². The molecule has 0 aliphatic rings. The maximum atomic E-state index is 10.6. The van der Waals surface area contributed by atoms with Crippen molar-refractivity contribution in [3.63, 3.8) is 0 Å². The third kappa shape index (κ3) is 9.74. The summed E-state index contributed by atoms with van der Waals surface area (Å²) in [5, 5.41) is 16.9. The van der Waals surface area contributed by atoms with Gasteiger partial charge in [0.1, 0.15) is 0 Å². The fourth-order valence-electron chi connectivity index (χ4n) is 1.05. The van der Waals surface area contributed by atoms with Gasteiger partial charge in [-0.05, 0) is 32.6 Å². The van der Waals surface area contributed by atoms with E-state index in [9.17, 15) is 13.5 Å². The maximum absolute atomic E-state index is 10.6. The quantitative estimate of drug-likeness (QED) is 0.419. The van der Waals surface area contributed by atoms with Crippen LogP contribution in [0.15, 0.2) is 0 Å². The van der Waals surface area contributed by atoms with E-state index < -0.39 is 21.5 Å². The zero-order chi connectivity index (χ0) is 11.2. The molecule has 0 aromatic rings. The number of aliphatic hydroxyl groups excluding tert-OH is 2. The monoisotopic (exact) mass is 250 g/mol. The van der Waals surface area contributed by atoms with Crippen LogP contribution >= 0.6 is 0 Å². The van der Waals surface area contributed by atoms with Gasteiger partial charge in [-0.2, -0.15) is 8.42 Å². The van der Waals surface area contributed by atoms with E-state index in [0.717, 1.165) is 0 Å². The third-order valence-electron chi connectivity index (χ3n) is 2.11. The molecule has 2 atom stereocenters. The van der Waals surface area contributed by atoms with Gasteiger partial charge >= 0.3 is 29.6 Å². The van der Waals surface area contributed by atoms with Gasteiger partial charge in [-0.1, -0.05) is 0 Å². The fourth-order valence-corrected chi connectivity index (χ4v) is 1.48. The Balaban J connectivity index is 0. The van der Waals surface area contributed by atoms with E-state index in [1.807, 2.05) is 0 Å². The Morgan fingerprint density at radius 2 is 1.73 bits per heavy atom. The second-order valence-corrected chi connectivity index (χ2v) is 5.26. The standard InChI is InChI=1S/C8H18O5S.Na.H/c1-7(14(11,12)13)4-5-8(10)3-2-6-9;;/h7-10H,2-6H2,1H3,(H,11,12,13);;. The summed E-state index contributed by atoms with van der Waals surface area (Å²) in [5.74, 6) is 0. The first-order valence-corrected chi connectivity index (χ1v) is 6.13. The van der Waals surface area contributed by atoms with Crippen LogP contribution in [0.3, 0.4) is 0 Å². The Morgan fingerprint density at radius 1 is 1.20 bits per heavy atom. The average molecular weight is 250 g/mol. The molecular formula is C8H19NaO5S. The van der Waals surface area contributed by atoms with Crippen LogP contribution in [0.5, 0.6) is 0 Å². The summed E-state index contributed by atoms with van der Waals surface area (Å²) in [6, 6.07) is 0. The van der Waals surface area contributed by atoms with Crippen LogP contribution in [-0.2, 0) is 10.1 Å². The summed E-state index contributed by atoms with van der Waals surface area (Å²) in [6.07, 6.45) is 0.897. The molecule has 0 amide bonds. The second-order valence-electron chi connectivity index (χ2n) is 3.42. The van der Waals surface area contributed by atoms with Gasteiger partial charge in [0.15, 0.2) is 0 Å². The first kappa shape index (κ1) is 18.2. The predicted octanol–water partition coefficient (Wildman–Crippen LogP) is -0.472. The number of rotatable bonds is 7. The van der Waals surface area contributed by atoms with Gasteiger partial charge in [-0.15, -0.1) is 0 Å². The van der Waals surface area contributed by atoms with Gasteiger partial charge in [-0.25, -0.2) is 0 Å².